The molecule has 0 radical (unpaired) electrons. The zero-order valence-electron chi connectivity index (χ0n) is 19.9. The first-order chi connectivity index (χ1) is 18.5. The standard InChI is InChI=1S/C29H17Cl2N5OS/c1-16-6-8-17(9-7-16)27-33-34-29-36(27)35-28(38-29)21-15-24(32-23-5-3-2-4-19(21)23)26-13-12-25(37-26)20-11-10-18(30)14-22(20)31/h2-15H,1H3. The average molecular weight is 554 g/mol. The van der Waals surface area contributed by atoms with Crippen LogP contribution in [0.25, 0.3) is 60.6 Å². The van der Waals surface area contributed by atoms with E-state index in [1.165, 1.54) is 16.9 Å². The van der Waals surface area contributed by atoms with Crippen LogP contribution in [0.4, 0.5) is 0 Å². The first-order valence-electron chi connectivity index (χ1n) is 11.8. The zero-order valence-corrected chi connectivity index (χ0v) is 22.2. The SMILES string of the molecule is Cc1ccc(-c2nnc3sc(-c4cc(-c5ccc(-c6ccc(Cl)cc6Cl)o5)nc5ccccc45)nn23)cc1. The normalized spacial score (nSPS) is 11.6. The molecule has 9 heteroatoms. The van der Waals surface area contributed by atoms with Crippen LogP contribution < -0.4 is 0 Å². The van der Waals surface area contributed by atoms with Crippen molar-refractivity contribution in [1.82, 2.24) is 24.8 Å². The van der Waals surface area contributed by atoms with Crippen LogP contribution in [0.5, 0.6) is 0 Å². The van der Waals surface area contributed by atoms with Gasteiger partial charge in [-0.05, 0) is 49.4 Å². The Hall–Kier alpha value is -4.04. The highest BCUT2D eigenvalue weighted by atomic mass is 35.5. The zero-order chi connectivity index (χ0) is 25.8. The third-order valence-electron chi connectivity index (χ3n) is 6.30. The lowest BCUT2D eigenvalue weighted by Gasteiger charge is -2.07. The minimum Gasteiger partial charge on any atom is -0.454 e. The van der Waals surface area contributed by atoms with Crippen molar-refractivity contribution in [3.05, 3.63) is 101 Å². The van der Waals surface area contributed by atoms with Crippen LogP contribution in [-0.4, -0.2) is 24.8 Å². The van der Waals surface area contributed by atoms with Crippen molar-refractivity contribution in [2.75, 3.05) is 0 Å². The molecule has 3 aromatic carbocycles. The molecular weight excluding hydrogens is 537 g/mol. The summed E-state index contributed by atoms with van der Waals surface area (Å²) >= 11 is 14.0. The van der Waals surface area contributed by atoms with Crippen molar-refractivity contribution < 1.29 is 4.42 Å². The quantitative estimate of drug-likeness (QED) is 0.218. The summed E-state index contributed by atoms with van der Waals surface area (Å²) < 4.78 is 8.01. The van der Waals surface area contributed by atoms with Crippen molar-refractivity contribution in [2.24, 2.45) is 0 Å². The number of benzene rings is 3. The van der Waals surface area contributed by atoms with Crippen LogP contribution in [0, 0.1) is 6.92 Å². The number of hydrogen-bond acceptors (Lipinski definition) is 6. The van der Waals surface area contributed by atoms with E-state index in [1.54, 1.807) is 16.6 Å². The van der Waals surface area contributed by atoms with E-state index in [0.29, 0.717) is 33.1 Å². The maximum absolute atomic E-state index is 6.41. The van der Waals surface area contributed by atoms with E-state index in [1.807, 2.05) is 60.7 Å². The van der Waals surface area contributed by atoms with Gasteiger partial charge in [0.2, 0.25) is 4.96 Å². The molecule has 4 heterocycles. The summed E-state index contributed by atoms with van der Waals surface area (Å²) in [4.78, 5) is 5.60. The van der Waals surface area contributed by atoms with Gasteiger partial charge >= 0.3 is 0 Å². The Kier molecular flexibility index (Phi) is 5.51. The lowest BCUT2D eigenvalue weighted by Crippen LogP contribution is -1.93. The van der Waals surface area contributed by atoms with Gasteiger partial charge in [-0.2, -0.15) is 9.61 Å². The molecule has 7 aromatic rings. The van der Waals surface area contributed by atoms with E-state index in [0.717, 1.165) is 37.6 Å². The molecule has 0 aliphatic rings. The Bertz CT molecular complexity index is 1970. The summed E-state index contributed by atoms with van der Waals surface area (Å²) in [5.74, 6) is 1.97. The van der Waals surface area contributed by atoms with Gasteiger partial charge in [0.25, 0.3) is 0 Å². The van der Waals surface area contributed by atoms with E-state index in [-0.39, 0.29) is 0 Å². The van der Waals surface area contributed by atoms with Gasteiger partial charge in [0, 0.05) is 27.1 Å². The molecular formula is C29H17Cl2N5OS. The van der Waals surface area contributed by atoms with Crippen LogP contribution in [-0.2, 0) is 0 Å². The van der Waals surface area contributed by atoms with Crippen LogP contribution in [0.2, 0.25) is 10.0 Å². The Labute approximate surface area is 231 Å². The van der Waals surface area contributed by atoms with Crippen LogP contribution in [0.1, 0.15) is 5.56 Å². The molecule has 0 saturated carbocycles. The van der Waals surface area contributed by atoms with Crippen LogP contribution in [0.3, 0.4) is 0 Å². The van der Waals surface area contributed by atoms with Crippen molar-refractivity contribution in [2.45, 2.75) is 6.92 Å². The highest BCUT2D eigenvalue weighted by Crippen LogP contribution is 2.38. The lowest BCUT2D eigenvalue weighted by atomic mass is 10.1. The number of aromatic nitrogens is 5. The number of furan rings is 1. The predicted octanol–water partition coefficient (Wildman–Crippen LogP) is 8.61. The number of aryl methyl sites for hydroxylation is 1. The number of para-hydroxylation sites is 1. The molecule has 38 heavy (non-hydrogen) atoms. The number of nitrogens with zero attached hydrogens (tertiary/aromatic N) is 5. The summed E-state index contributed by atoms with van der Waals surface area (Å²) in [6, 6.07) is 27.3. The molecule has 0 saturated heterocycles. The van der Waals surface area contributed by atoms with Gasteiger partial charge in [-0.3, -0.25) is 0 Å². The highest BCUT2D eigenvalue weighted by Gasteiger charge is 2.19. The monoisotopic (exact) mass is 553 g/mol. The molecule has 0 amide bonds. The average Bonchev–Trinajstić information content (AvgIpc) is 3.65. The Morgan fingerprint density at radius 3 is 2.47 bits per heavy atom. The Morgan fingerprint density at radius 2 is 1.63 bits per heavy atom. The van der Waals surface area contributed by atoms with E-state index in [2.05, 4.69) is 29.3 Å². The van der Waals surface area contributed by atoms with Gasteiger partial charge in [-0.15, -0.1) is 10.2 Å². The maximum Gasteiger partial charge on any atom is 0.235 e. The van der Waals surface area contributed by atoms with E-state index in [9.17, 15) is 0 Å². The number of pyridine rings is 1. The topological polar surface area (TPSA) is 69.1 Å². The second-order valence-corrected chi connectivity index (χ2v) is 10.7. The van der Waals surface area contributed by atoms with Crippen molar-refractivity contribution in [3.8, 4) is 44.7 Å². The Balaban J connectivity index is 1.35. The smallest absolute Gasteiger partial charge is 0.235 e. The van der Waals surface area contributed by atoms with E-state index < -0.39 is 0 Å². The molecule has 0 spiro atoms. The predicted molar refractivity (Wildman–Crippen MR) is 153 cm³/mol. The molecule has 7 rings (SSSR count). The molecule has 0 N–H and O–H groups in total. The van der Waals surface area contributed by atoms with Gasteiger partial charge in [0.1, 0.15) is 16.5 Å². The molecule has 0 unspecified atom stereocenters. The number of halogens is 2. The van der Waals surface area contributed by atoms with Crippen molar-refractivity contribution >= 4 is 50.4 Å². The molecule has 0 aliphatic carbocycles. The van der Waals surface area contributed by atoms with Crippen LogP contribution >= 0.6 is 34.5 Å². The summed E-state index contributed by atoms with van der Waals surface area (Å²) in [5, 5.41) is 16.6. The van der Waals surface area contributed by atoms with Crippen molar-refractivity contribution in [3.63, 3.8) is 0 Å². The van der Waals surface area contributed by atoms with E-state index >= 15 is 0 Å². The molecule has 0 fully saturated rings. The van der Waals surface area contributed by atoms with Gasteiger partial charge < -0.3 is 4.42 Å². The fourth-order valence-electron chi connectivity index (χ4n) is 4.40. The first kappa shape index (κ1) is 23.1. The van der Waals surface area contributed by atoms with Gasteiger partial charge in [0.15, 0.2) is 11.6 Å². The Morgan fingerprint density at radius 1 is 0.816 bits per heavy atom. The summed E-state index contributed by atoms with van der Waals surface area (Å²) in [6.45, 7) is 2.06. The maximum atomic E-state index is 6.41. The van der Waals surface area contributed by atoms with Gasteiger partial charge in [-0.25, -0.2) is 4.98 Å². The molecule has 0 atom stereocenters. The largest absolute Gasteiger partial charge is 0.454 e. The third kappa shape index (κ3) is 3.96. The fourth-order valence-corrected chi connectivity index (χ4v) is 5.77. The summed E-state index contributed by atoms with van der Waals surface area (Å²) in [6.07, 6.45) is 0. The lowest BCUT2D eigenvalue weighted by molar-refractivity contribution is 0.595. The first-order valence-corrected chi connectivity index (χ1v) is 13.4. The van der Waals surface area contributed by atoms with Gasteiger partial charge in [-0.1, -0.05) is 82.6 Å². The molecule has 184 valence electrons. The molecule has 6 nitrogen and oxygen atoms in total. The summed E-state index contributed by atoms with van der Waals surface area (Å²) in [7, 11) is 0. The summed E-state index contributed by atoms with van der Waals surface area (Å²) in [5.41, 5.74) is 5.39. The molecule has 0 aliphatic heterocycles. The minimum absolute atomic E-state index is 0.523. The second-order valence-electron chi connectivity index (χ2n) is 8.85. The number of rotatable bonds is 4. The van der Waals surface area contributed by atoms with Crippen LogP contribution in [0.15, 0.2) is 89.3 Å². The third-order valence-corrected chi connectivity index (χ3v) is 7.78. The fraction of sp³-hybridized carbons (Fsp3) is 0.0345. The van der Waals surface area contributed by atoms with Crippen molar-refractivity contribution in [1.29, 1.82) is 0 Å². The number of hydrogen-bond donors (Lipinski definition) is 0. The van der Waals surface area contributed by atoms with Gasteiger partial charge in [0.05, 0.1) is 10.5 Å². The van der Waals surface area contributed by atoms with E-state index in [4.69, 9.17) is 37.7 Å². The number of fused-ring (bicyclic) bond motifs is 2. The second kappa shape index (κ2) is 9.06. The molecule has 4 aromatic heterocycles. The minimum atomic E-state index is 0.523. The highest BCUT2D eigenvalue weighted by molar-refractivity contribution is 7.20. The molecule has 0 bridgehead atoms.